The maximum Gasteiger partial charge on any atom is 0.257 e. The number of hydrogen-bond acceptors (Lipinski definition) is 4. The number of aromatic nitrogens is 2. The maximum atomic E-state index is 11.1. The molecule has 0 radical (unpaired) electrons. The van der Waals surface area contributed by atoms with Crippen molar-refractivity contribution in [1.82, 2.24) is 5.27 Å². The Labute approximate surface area is 98.2 Å². The Hall–Kier alpha value is -2.37. The van der Waals surface area contributed by atoms with E-state index in [2.05, 4.69) is 9.79 Å². The molecule has 0 aliphatic heterocycles. The number of ketones is 1. The highest BCUT2D eigenvalue weighted by Gasteiger charge is 2.14. The fourth-order valence-corrected chi connectivity index (χ4v) is 1.41. The predicted molar refractivity (Wildman–Crippen MR) is 60.9 cm³/mol. The molecule has 0 saturated carbocycles. The van der Waals surface area contributed by atoms with Crippen LogP contribution < -0.4 is 9.80 Å². The van der Waals surface area contributed by atoms with Crippen LogP contribution in [0.2, 0.25) is 0 Å². The van der Waals surface area contributed by atoms with Crippen LogP contribution >= 0.6 is 0 Å². The van der Waals surface area contributed by atoms with Gasteiger partial charge in [0.2, 0.25) is 5.27 Å². The van der Waals surface area contributed by atoms with Gasteiger partial charge in [-0.15, -0.1) is 5.01 Å². The van der Waals surface area contributed by atoms with Gasteiger partial charge in [-0.1, -0.05) is 0 Å². The zero-order chi connectivity index (χ0) is 12.4. The maximum absolute atomic E-state index is 11.1. The van der Waals surface area contributed by atoms with E-state index in [1.807, 2.05) is 12.1 Å². The van der Waals surface area contributed by atoms with Gasteiger partial charge in [0.25, 0.3) is 6.20 Å². The summed E-state index contributed by atoms with van der Waals surface area (Å²) in [5.74, 6) is 0.0129. The summed E-state index contributed by atoms with van der Waals surface area (Å²) in [6, 6.07) is 7.11. The second-order valence-corrected chi connectivity index (χ2v) is 3.61. The number of Topliss-reactive ketones (excluding diaryl/α,β-unsaturated/α-hetero) is 1. The molecule has 1 aromatic carbocycles. The van der Waals surface area contributed by atoms with Gasteiger partial charge in [-0.2, -0.15) is 0 Å². The SMILES string of the molecule is CC(=O)c1ccc(N(C)[n+]2cc([NH-])on2)cc1. The molecule has 0 aliphatic rings. The van der Waals surface area contributed by atoms with E-state index < -0.39 is 0 Å². The number of benzene rings is 1. The van der Waals surface area contributed by atoms with Gasteiger partial charge in [0.05, 0.1) is 11.8 Å². The molecule has 1 heterocycles. The smallest absolute Gasteiger partial charge is 0.257 e. The number of carbonyl (C=O) groups is 1. The highest BCUT2D eigenvalue weighted by molar-refractivity contribution is 5.94. The van der Waals surface area contributed by atoms with Crippen molar-refractivity contribution in [1.29, 1.82) is 0 Å². The zero-order valence-corrected chi connectivity index (χ0v) is 9.54. The average Bonchev–Trinajstić information content (AvgIpc) is 2.75. The molecule has 0 saturated heterocycles. The molecule has 0 bridgehead atoms. The van der Waals surface area contributed by atoms with E-state index in [-0.39, 0.29) is 11.7 Å². The summed E-state index contributed by atoms with van der Waals surface area (Å²) in [6.45, 7) is 1.53. The van der Waals surface area contributed by atoms with Crippen molar-refractivity contribution in [3.63, 3.8) is 0 Å². The number of carbonyl (C=O) groups excluding carboxylic acids is 1. The van der Waals surface area contributed by atoms with Gasteiger partial charge in [0.15, 0.2) is 5.78 Å². The molecule has 0 atom stereocenters. The van der Waals surface area contributed by atoms with Gasteiger partial charge in [0, 0.05) is 5.56 Å². The highest BCUT2D eigenvalue weighted by Crippen LogP contribution is 2.13. The minimum atomic E-state index is -0.0165. The summed E-state index contributed by atoms with van der Waals surface area (Å²) in [5, 5.41) is 5.36. The third-order valence-corrected chi connectivity index (χ3v) is 2.41. The summed E-state index contributed by atoms with van der Waals surface area (Å²) in [4.78, 5) is 12.5. The molecule has 0 aliphatic carbocycles. The molecule has 0 fully saturated rings. The largest absolute Gasteiger partial charge is 0.660 e. The molecule has 1 N–H and O–H groups in total. The Balaban J connectivity index is 2.25. The number of nitrogens with one attached hydrogen (secondary N) is 1. The number of rotatable bonds is 3. The molecule has 0 unspecified atom stereocenters. The third kappa shape index (κ3) is 2.25. The van der Waals surface area contributed by atoms with E-state index >= 15 is 0 Å². The summed E-state index contributed by atoms with van der Waals surface area (Å²) in [5.41, 5.74) is 8.74. The predicted octanol–water partition coefficient (Wildman–Crippen LogP) is 1.75. The van der Waals surface area contributed by atoms with Gasteiger partial charge >= 0.3 is 0 Å². The van der Waals surface area contributed by atoms with E-state index in [0.717, 1.165) is 5.69 Å². The van der Waals surface area contributed by atoms with Crippen molar-refractivity contribution < 1.29 is 14.1 Å². The average molecular weight is 232 g/mol. The lowest BCUT2D eigenvalue weighted by Crippen LogP contribution is -2.53. The topological polar surface area (TPSA) is 74.0 Å². The first-order valence-electron chi connectivity index (χ1n) is 5.03. The summed E-state index contributed by atoms with van der Waals surface area (Å²) in [7, 11) is 1.78. The van der Waals surface area contributed by atoms with Crippen LogP contribution in [0.4, 0.5) is 11.6 Å². The number of hydrogen-bond donors (Lipinski definition) is 0. The van der Waals surface area contributed by atoms with E-state index in [1.54, 1.807) is 24.2 Å². The Morgan fingerprint density at radius 1 is 1.41 bits per heavy atom. The minimum absolute atomic E-state index is 0.0165. The zero-order valence-electron chi connectivity index (χ0n) is 9.54. The van der Waals surface area contributed by atoms with E-state index in [0.29, 0.717) is 5.56 Å². The standard InChI is InChI=1S/C11H12N4O2/c1-8(16)9-3-5-10(6-4-9)14(2)15-7-11(12)17-13-15/h3-7H,1-2H3,(H-,12,13). The van der Waals surface area contributed by atoms with Crippen molar-refractivity contribution in [3.8, 4) is 0 Å². The van der Waals surface area contributed by atoms with Crippen LogP contribution in [-0.2, 0) is 0 Å². The molecule has 2 aromatic rings. The van der Waals surface area contributed by atoms with E-state index in [4.69, 9.17) is 5.73 Å². The van der Waals surface area contributed by atoms with Gasteiger partial charge in [-0.25, -0.2) is 0 Å². The lowest BCUT2D eigenvalue weighted by atomic mass is 10.1. The Morgan fingerprint density at radius 3 is 2.53 bits per heavy atom. The van der Waals surface area contributed by atoms with Crippen LogP contribution in [0.15, 0.2) is 35.0 Å². The quantitative estimate of drug-likeness (QED) is 0.596. The lowest BCUT2D eigenvalue weighted by Gasteiger charge is -2.07. The first-order chi connectivity index (χ1) is 8.08. The minimum Gasteiger partial charge on any atom is -0.660 e. The van der Waals surface area contributed by atoms with Crippen LogP contribution in [-0.4, -0.2) is 18.1 Å². The summed E-state index contributed by atoms with van der Waals surface area (Å²) in [6.07, 6.45) is 1.44. The summed E-state index contributed by atoms with van der Waals surface area (Å²) < 4.78 is 4.65. The van der Waals surface area contributed by atoms with Gasteiger partial charge in [-0.05, 0) is 31.2 Å². The fourth-order valence-electron chi connectivity index (χ4n) is 1.41. The Morgan fingerprint density at radius 2 is 2.06 bits per heavy atom. The normalized spacial score (nSPS) is 10.2. The molecule has 6 nitrogen and oxygen atoms in total. The Kier molecular flexibility index (Phi) is 2.78. The second-order valence-electron chi connectivity index (χ2n) is 3.61. The van der Waals surface area contributed by atoms with Crippen molar-refractivity contribution in [2.24, 2.45) is 0 Å². The molecule has 0 amide bonds. The first kappa shape index (κ1) is 11.1. The monoisotopic (exact) mass is 232 g/mol. The molecule has 1 aromatic heterocycles. The van der Waals surface area contributed by atoms with Crippen molar-refractivity contribution in [3.05, 3.63) is 41.8 Å². The second kappa shape index (κ2) is 4.25. The van der Waals surface area contributed by atoms with Crippen LogP contribution in [0.1, 0.15) is 17.3 Å². The fraction of sp³-hybridized carbons (Fsp3) is 0.182. The molecule has 6 heteroatoms. The molecule has 17 heavy (non-hydrogen) atoms. The lowest BCUT2D eigenvalue weighted by molar-refractivity contribution is -0.747. The molecule has 2 rings (SSSR count). The van der Waals surface area contributed by atoms with Crippen LogP contribution in [0.25, 0.3) is 5.73 Å². The van der Waals surface area contributed by atoms with Gasteiger partial charge in [0.1, 0.15) is 11.6 Å². The number of anilines is 1. The molecular weight excluding hydrogens is 220 g/mol. The van der Waals surface area contributed by atoms with Crippen molar-refractivity contribution in [2.75, 3.05) is 12.1 Å². The Bertz CT molecular complexity index is 533. The van der Waals surface area contributed by atoms with Crippen LogP contribution in [0.3, 0.4) is 0 Å². The summed E-state index contributed by atoms with van der Waals surface area (Å²) >= 11 is 0. The molecule has 88 valence electrons. The third-order valence-electron chi connectivity index (χ3n) is 2.41. The highest BCUT2D eigenvalue weighted by atomic mass is 16.5. The van der Waals surface area contributed by atoms with E-state index in [9.17, 15) is 4.79 Å². The number of nitrogens with zero attached hydrogens (tertiary/aromatic N) is 3. The first-order valence-corrected chi connectivity index (χ1v) is 5.03. The van der Waals surface area contributed by atoms with Gasteiger partial charge < -0.3 is 10.3 Å². The van der Waals surface area contributed by atoms with Crippen LogP contribution in [0.5, 0.6) is 0 Å². The molecular formula is C11H12N4O2. The van der Waals surface area contributed by atoms with Gasteiger partial charge in [-0.3, -0.25) is 4.79 Å². The van der Waals surface area contributed by atoms with Crippen molar-refractivity contribution in [2.45, 2.75) is 6.92 Å². The van der Waals surface area contributed by atoms with E-state index in [1.165, 1.54) is 17.9 Å². The van der Waals surface area contributed by atoms with Crippen molar-refractivity contribution >= 4 is 17.4 Å². The van der Waals surface area contributed by atoms with Crippen LogP contribution in [0, 0.1) is 0 Å². The molecule has 0 spiro atoms.